The molecule has 2 atom stereocenters. The number of hydrogen-bond donors (Lipinski definition) is 1. The first kappa shape index (κ1) is 16.3. The minimum atomic E-state index is -0.559. The molecule has 0 unspecified atom stereocenters. The van der Waals surface area contributed by atoms with Crippen LogP contribution in [-0.4, -0.2) is 33.4 Å². The van der Waals surface area contributed by atoms with Crippen molar-refractivity contribution in [1.29, 1.82) is 0 Å². The summed E-state index contributed by atoms with van der Waals surface area (Å²) >= 11 is 0. The lowest BCUT2D eigenvalue weighted by Crippen LogP contribution is -2.34. The molecule has 118 valence electrons. The highest BCUT2D eigenvalue weighted by molar-refractivity contribution is 5.22. The average Bonchev–Trinajstić information content (AvgIpc) is 2.49. The van der Waals surface area contributed by atoms with Crippen LogP contribution in [0.1, 0.15) is 30.9 Å². The lowest BCUT2D eigenvalue weighted by molar-refractivity contribution is -0.00702. The van der Waals surface area contributed by atoms with Gasteiger partial charge in [-0.15, -0.1) is 0 Å². The standard InChI is InChI=1S/C16H23F2NO2/c1-20-8-3-9-21-16(12-4-2-7-19-11-12)14-6-5-13(17)10-15(14)18/h5-6,10,12,16,19H,2-4,7-9,11H2,1H3/t12-,16-/m1/s1. The maximum absolute atomic E-state index is 14.1. The van der Waals surface area contributed by atoms with E-state index in [-0.39, 0.29) is 12.0 Å². The second kappa shape index (κ2) is 8.41. The van der Waals surface area contributed by atoms with E-state index in [0.717, 1.165) is 38.4 Å². The van der Waals surface area contributed by atoms with Gasteiger partial charge in [0.2, 0.25) is 0 Å². The SMILES string of the molecule is COCCCO[C@@H](c1ccc(F)cc1F)[C@@H]1CCCNC1. The molecule has 1 heterocycles. The van der Waals surface area contributed by atoms with Gasteiger partial charge < -0.3 is 14.8 Å². The fourth-order valence-corrected chi connectivity index (χ4v) is 2.76. The van der Waals surface area contributed by atoms with Gasteiger partial charge in [0, 0.05) is 44.4 Å². The van der Waals surface area contributed by atoms with Gasteiger partial charge in [0.1, 0.15) is 11.6 Å². The van der Waals surface area contributed by atoms with Crippen LogP contribution in [0.2, 0.25) is 0 Å². The van der Waals surface area contributed by atoms with Crippen molar-refractivity contribution in [2.75, 3.05) is 33.4 Å². The minimum Gasteiger partial charge on any atom is -0.385 e. The summed E-state index contributed by atoms with van der Waals surface area (Å²) in [5.74, 6) is -0.880. The van der Waals surface area contributed by atoms with Gasteiger partial charge >= 0.3 is 0 Å². The Morgan fingerprint density at radius 2 is 2.19 bits per heavy atom. The third kappa shape index (κ3) is 4.73. The van der Waals surface area contributed by atoms with Gasteiger partial charge in [-0.05, 0) is 31.9 Å². The number of nitrogens with one attached hydrogen (secondary N) is 1. The monoisotopic (exact) mass is 299 g/mol. The van der Waals surface area contributed by atoms with Crippen molar-refractivity contribution < 1.29 is 18.3 Å². The van der Waals surface area contributed by atoms with E-state index >= 15 is 0 Å². The minimum absolute atomic E-state index is 0.209. The van der Waals surface area contributed by atoms with Crippen molar-refractivity contribution in [3.63, 3.8) is 0 Å². The van der Waals surface area contributed by atoms with Gasteiger partial charge in [-0.2, -0.15) is 0 Å². The highest BCUT2D eigenvalue weighted by Gasteiger charge is 2.28. The molecule has 0 saturated carbocycles. The second-order valence-corrected chi connectivity index (χ2v) is 5.41. The van der Waals surface area contributed by atoms with Gasteiger partial charge in [0.15, 0.2) is 0 Å². The van der Waals surface area contributed by atoms with Gasteiger partial charge in [0.25, 0.3) is 0 Å². The van der Waals surface area contributed by atoms with Crippen LogP contribution in [0.3, 0.4) is 0 Å². The zero-order chi connectivity index (χ0) is 15.1. The molecule has 5 heteroatoms. The first-order valence-electron chi connectivity index (χ1n) is 7.48. The molecule has 1 aromatic rings. The molecule has 1 N–H and O–H groups in total. The van der Waals surface area contributed by atoms with E-state index in [0.29, 0.717) is 18.8 Å². The molecule has 3 nitrogen and oxygen atoms in total. The summed E-state index contributed by atoms with van der Waals surface area (Å²) in [7, 11) is 1.64. The molecule has 0 spiro atoms. The Hall–Kier alpha value is -1.04. The molecule has 0 bridgehead atoms. The quantitative estimate of drug-likeness (QED) is 0.785. The molecule has 0 aromatic heterocycles. The number of rotatable bonds is 7. The predicted octanol–water partition coefficient (Wildman–Crippen LogP) is 3.06. The smallest absolute Gasteiger partial charge is 0.131 e. The van der Waals surface area contributed by atoms with Crippen LogP contribution in [0, 0.1) is 17.6 Å². The topological polar surface area (TPSA) is 30.5 Å². The number of ether oxygens (including phenoxy) is 2. The van der Waals surface area contributed by atoms with Gasteiger partial charge in [-0.3, -0.25) is 0 Å². The lowest BCUT2D eigenvalue weighted by Gasteiger charge is -2.31. The molecule has 1 aliphatic rings. The maximum atomic E-state index is 14.1. The third-order valence-electron chi connectivity index (χ3n) is 3.82. The molecular weight excluding hydrogens is 276 g/mol. The van der Waals surface area contributed by atoms with Crippen molar-refractivity contribution in [3.05, 3.63) is 35.4 Å². The maximum Gasteiger partial charge on any atom is 0.131 e. The van der Waals surface area contributed by atoms with Crippen molar-refractivity contribution in [3.8, 4) is 0 Å². The number of piperidine rings is 1. The van der Waals surface area contributed by atoms with Crippen LogP contribution >= 0.6 is 0 Å². The summed E-state index contributed by atoms with van der Waals surface area (Å²) in [4.78, 5) is 0. The van der Waals surface area contributed by atoms with Crippen molar-refractivity contribution in [2.45, 2.75) is 25.4 Å². The number of halogens is 2. The molecule has 0 aliphatic carbocycles. The van der Waals surface area contributed by atoms with E-state index in [2.05, 4.69) is 5.32 Å². The van der Waals surface area contributed by atoms with Crippen LogP contribution < -0.4 is 5.32 Å². The predicted molar refractivity (Wildman–Crippen MR) is 77.1 cm³/mol. The van der Waals surface area contributed by atoms with Crippen molar-refractivity contribution in [1.82, 2.24) is 5.32 Å². The lowest BCUT2D eigenvalue weighted by atomic mass is 9.89. The van der Waals surface area contributed by atoms with E-state index in [1.54, 1.807) is 7.11 Å². The number of hydrogen-bond acceptors (Lipinski definition) is 3. The summed E-state index contributed by atoms with van der Waals surface area (Å²) in [6, 6.07) is 3.72. The van der Waals surface area contributed by atoms with Crippen molar-refractivity contribution >= 4 is 0 Å². The van der Waals surface area contributed by atoms with Crippen LogP contribution in [0.15, 0.2) is 18.2 Å². The van der Waals surface area contributed by atoms with Crippen LogP contribution in [0.4, 0.5) is 8.78 Å². The summed E-state index contributed by atoms with van der Waals surface area (Å²) in [6.45, 7) is 2.90. The van der Waals surface area contributed by atoms with Crippen molar-refractivity contribution in [2.24, 2.45) is 5.92 Å². The van der Waals surface area contributed by atoms with Crippen LogP contribution in [-0.2, 0) is 9.47 Å². The van der Waals surface area contributed by atoms with Crippen LogP contribution in [0.25, 0.3) is 0 Å². The average molecular weight is 299 g/mol. The number of methoxy groups -OCH3 is 1. The molecule has 1 fully saturated rings. The second-order valence-electron chi connectivity index (χ2n) is 5.41. The van der Waals surface area contributed by atoms with Gasteiger partial charge in [-0.25, -0.2) is 8.78 Å². The molecular formula is C16H23F2NO2. The third-order valence-corrected chi connectivity index (χ3v) is 3.82. The van der Waals surface area contributed by atoms with Gasteiger partial charge in [-0.1, -0.05) is 6.07 Å². The summed E-state index contributed by atoms with van der Waals surface area (Å²) in [6.07, 6.45) is 2.45. The van der Waals surface area contributed by atoms with Gasteiger partial charge in [0.05, 0.1) is 6.10 Å². The number of benzene rings is 1. The zero-order valence-electron chi connectivity index (χ0n) is 12.4. The molecule has 1 aromatic carbocycles. The first-order chi connectivity index (χ1) is 10.2. The Labute approximate surface area is 124 Å². The first-order valence-corrected chi connectivity index (χ1v) is 7.48. The normalized spacial score (nSPS) is 20.4. The molecule has 0 radical (unpaired) electrons. The molecule has 21 heavy (non-hydrogen) atoms. The van der Waals surface area contributed by atoms with E-state index in [1.165, 1.54) is 12.1 Å². The highest BCUT2D eigenvalue weighted by Crippen LogP contribution is 2.32. The Morgan fingerprint density at radius 3 is 2.86 bits per heavy atom. The highest BCUT2D eigenvalue weighted by atomic mass is 19.1. The van der Waals surface area contributed by atoms with Crippen LogP contribution in [0.5, 0.6) is 0 Å². The zero-order valence-corrected chi connectivity index (χ0v) is 12.4. The Balaban J connectivity index is 2.09. The summed E-state index contributed by atoms with van der Waals surface area (Å²) < 4.78 is 38.1. The Kier molecular flexibility index (Phi) is 6.54. The van der Waals surface area contributed by atoms with E-state index in [4.69, 9.17) is 9.47 Å². The molecule has 1 aliphatic heterocycles. The molecule has 1 saturated heterocycles. The summed E-state index contributed by atoms with van der Waals surface area (Å²) in [5, 5.41) is 3.32. The molecule has 0 amide bonds. The largest absolute Gasteiger partial charge is 0.385 e. The van der Waals surface area contributed by atoms with E-state index in [1.807, 2.05) is 0 Å². The fourth-order valence-electron chi connectivity index (χ4n) is 2.76. The van der Waals surface area contributed by atoms with E-state index in [9.17, 15) is 8.78 Å². The van der Waals surface area contributed by atoms with E-state index < -0.39 is 11.6 Å². The fraction of sp³-hybridized carbons (Fsp3) is 0.625. The Bertz CT molecular complexity index is 436. The molecule has 2 rings (SSSR count). The summed E-state index contributed by atoms with van der Waals surface area (Å²) in [5.41, 5.74) is 0.447. The Morgan fingerprint density at radius 1 is 1.33 bits per heavy atom.